The van der Waals surface area contributed by atoms with Crippen molar-refractivity contribution >= 4 is 34.0 Å². The average molecular weight is 517 g/mol. The molecule has 2 heterocycles. The summed E-state index contributed by atoms with van der Waals surface area (Å²) in [6.07, 6.45) is 1.77. The van der Waals surface area contributed by atoms with E-state index < -0.39 is 11.7 Å². The van der Waals surface area contributed by atoms with Gasteiger partial charge in [0.2, 0.25) is 0 Å². The number of nitrogens with one attached hydrogen (secondary N) is 1. The number of halogens is 3. The number of nitrogens with zero attached hydrogens (tertiary/aromatic N) is 3. The van der Waals surface area contributed by atoms with E-state index >= 15 is 0 Å². The van der Waals surface area contributed by atoms with Crippen LogP contribution in [0.5, 0.6) is 0 Å². The molecule has 1 aromatic heterocycles. The van der Waals surface area contributed by atoms with Gasteiger partial charge in [-0.3, -0.25) is 4.98 Å². The molecule has 0 radical (unpaired) electrons. The Kier molecular flexibility index (Phi) is 9.01. The van der Waals surface area contributed by atoms with Gasteiger partial charge in [0.15, 0.2) is 0 Å². The Morgan fingerprint density at radius 3 is 2.53 bits per heavy atom. The fourth-order valence-corrected chi connectivity index (χ4v) is 5.73. The van der Waals surface area contributed by atoms with Gasteiger partial charge in [-0.2, -0.15) is 13.2 Å². The molecule has 0 aliphatic carbocycles. The monoisotopic (exact) mass is 516 g/mol. The Bertz CT molecular complexity index is 1150. The summed E-state index contributed by atoms with van der Waals surface area (Å²) in [4.78, 5) is 9.93. The molecule has 1 N–H and O–H groups in total. The van der Waals surface area contributed by atoms with Crippen molar-refractivity contribution in [2.75, 3.05) is 55.3 Å². The molecule has 1 saturated heterocycles. The van der Waals surface area contributed by atoms with E-state index in [0.717, 1.165) is 86.6 Å². The second-order valence-electron chi connectivity index (χ2n) is 9.43. The van der Waals surface area contributed by atoms with Gasteiger partial charge in [-0.15, -0.1) is 11.8 Å². The predicted octanol–water partition coefficient (Wildman–Crippen LogP) is 6.76. The lowest BCUT2D eigenvalue weighted by molar-refractivity contribution is -0.137. The molecule has 2 aromatic carbocycles. The number of benzene rings is 2. The van der Waals surface area contributed by atoms with Gasteiger partial charge in [0, 0.05) is 67.6 Å². The SMILES string of the molecule is Cc1cc(N(C)CCCCCCSc2ccnc3cc(C(F)(F)F)ccc23)ccc1N1CCNCC1. The van der Waals surface area contributed by atoms with Gasteiger partial charge < -0.3 is 15.1 Å². The summed E-state index contributed by atoms with van der Waals surface area (Å²) < 4.78 is 38.9. The third-order valence-electron chi connectivity index (χ3n) is 6.75. The van der Waals surface area contributed by atoms with Crippen molar-refractivity contribution in [3.05, 3.63) is 59.8 Å². The Morgan fingerprint density at radius 2 is 1.78 bits per heavy atom. The minimum Gasteiger partial charge on any atom is -0.375 e. The number of aromatic nitrogens is 1. The number of thioether (sulfide) groups is 1. The first-order valence-corrected chi connectivity index (χ1v) is 13.7. The van der Waals surface area contributed by atoms with Crippen molar-refractivity contribution < 1.29 is 13.2 Å². The molecule has 1 fully saturated rings. The molecule has 194 valence electrons. The highest BCUT2D eigenvalue weighted by Gasteiger charge is 2.30. The topological polar surface area (TPSA) is 31.4 Å². The number of aryl methyl sites for hydroxylation is 1. The number of unbranched alkanes of at least 4 members (excludes halogenated alkanes) is 3. The quantitative estimate of drug-likeness (QED) is 0.238. The fraction of sp³-hybridized carbons (Fsp3) is 0.464. The zero-order chi connectivity index (χ0) is 25.5. The minimum atomic E-state index is -4.35. The van der Waals surface area contributed by atoms with E-state index in [1.165, 1.54) is 16.9 Å². The third-order valence-corrected chi connectivity index (χ3v) is 7.91. The minimum absolute atomic E-state index is 0.397. The summed E-state index contributed by atoms with van der Waals surface area (Å²) in [5.74, 6) is 0.947. The van der Waals surface area contributed by atoms with Crippen molar-refractivity contribution in [3.8, 4) is 0 Å². The van der Waals surface area contributed by atoms with Gasteiger partial charge in [0.1, 0.15) is 0 Å². The highest BCUT2D eigenvalue weighted by molar-refractivity contribution is 7.99. The van der Waals surface area contributed by atoms with E-state index in [1.807, 2.05) is 6.07 Å². The van der Waals surface area contributed by atoms with E-state index in [-0.39, 0.29) is 0 Å². The molecule has 3 aromatic rings. The zero-order valence-corrected chi connectivity index (χ0v) is 21.9. The summed E-state index contributed by atoms with van der Waals surface area (Å²) in [5, 5.41) is 4.20. The Balaban J connectivity index is 1.18. The summed E-state index contributed by atoms with van der Waals surface area (Å²) >= 11 is 1.70. The lowest BCUT2D eigenvalue weighted by Crippen LogP contribution is -2.43. The van der Waals surface area contributed by atoms with E-state index in [4.69, 9.17) is 0 Å². The number of alkyl halides is 3. The molecule has 8 heteroatoms. The number of piperazine rings is 1. The smallest absolute Gasteiger partial charge is 0.375 e. The van der Waals surface area contributed by atoms with Crippen molar-refractivity contribution in [3.63, 3.8) is 0 Å². The van der Waals surface area contributed by atoms with Crippen LogP contribution in [0.2, 0.25) is 0 Å². The third kappa shape index (κ3) is 6.85. The van der Waals surface area contributed by atoms with Gasteiger partial charge in [0.05, 0.1) is 11.1 Å². The maximum Gasteiger partial charge on any atom is 0.416 e. The van der Waals surface area contributed by atoms with Crippen LogP contribution >= 0.6 is 11.8 Å². The van der Waals surface area contributed by atoms with E-state index in [2.05, 4.69) is 52.3 Å². The molecule has 0 unspecified atom stereocenters. The molecule has 0 saturated carbocycles. The van der Waals surface area contributed by atoms with E-state index in [9.17, 15) is 13.2 Å². The molecule has 36 heavy (non-hydrogen) atoms. The summed E-state index contributed by atoms with van der Waals surface area (Å²) in [6, 6.07) is 12.5. The molecule has 0 atom stereocenters. The molecule has 0 amide bonds. The first kappa shape index (κ1) is 26.6. The van der Waals surface area contributed by atoms with Crippen molar-refractivity contribution in [1.82, 2.24) is 10.3 Å². The molecule has 4 rings (SSSR count). The lowest BCUT2D eigenvalue weighted by atomic mass is 10.1. The summed E-state index contributed by atoms with van der Waals surface area (Å²) in [5.41, 5.74) is 3.68. The molecule has 1 aliphatic heterocycles. The van der Waals surface area contributed by atoms with Crippen molar-refractivity contribution in [2.24, 2.45) is 0 Å². The van der Waals surface area contributed by atoms with Crippen LogP contribution in [0.4, 0.5) is 24.5 Å². The fourth-order valence-electron chi connectivity index (χ4n) is 4.68. The molecule has 0 bridgehead atoms. The van der Waals surface area contributed by atoms with Gasteiger partial charge in [-0.25, -0.2) is 0 Å². The van der Waals surface area contributed by atoms with Crippen molar-refractivity contribution in [2.45, 2.75) is 43.7 Å². The summed E-state index contributed by atoms with van der Waals surface area (Å²) in [7, 11) is 2.16. The van der Waals surface area contributed by atoms with Crippen LogP contribution in [0.15, 0.2) is 53.6 Å². The average Bonchev–Trinajstić information content (AvgIpc) is 2.87. The normalized spacial score (nSPS) is 14.4. The van der Waals surface area contributed by atoms with Gasteiger partial charge >= 0.3 is 6.18 Å². The number of hydrogen-bond donors (Lipinski definition) is 1. The van der Waals surface area contributed by atoms with Crippen LogP contribution in [0.25, 0.3) is 10.9 Å². The van der Waals surface area contributed by atoms with Gasteiger partial charge in [-0.05, 0) is 67.5 Å². The highest BCUT2D eigenvalue weighted by Crippen LogP contribution is 2.34. The number of anilines is 2. The number of rotatable bonds is 10. The van der Waals surface area contributed by atoms with Crippen LogP contribution in [-0.2, 0) is 6.18 Å². The van der Waals surface area contributed by atoms with Crippen LogP contribution in [0.1, 0.15) is 36.8 Å². The molecular weight excluding hydrogens is 481 g/mol. The number of pyridine rings is 1. The Morgan fingerprint density at radius 1 is 1.00 bits per heavy atom. The van der Waals surface area contributed by atoms with E-state index in [1.54, 1.807) is 24.0 Å². The second kappa shape index (κ2) is 12.2. The Hall–Kier alpha value is -2.45. The summed E-state index contributed by atoms with van der Waals surface area (Å²) in [6.45, 7) is 7.43. The molecule has 4 nitrogen and oxygen atoms in total. The highest BCUT2D eigenvalue weighted by atomic mass is 32.2. The maximum absolute atomic E-state index is 13.0. The predicted molar refractivity (Wildman–Crippen MR) is 145 cm³/mol. The lowest BCUT2D eigenvalue weighted by Gasteiger charge is -2.31. The van der Waals surface area contributed by atoms with Crippen molar-refractivity contribution in [1.29, 1.82) is 0 Å². The largest absolute Gasteiger partial charge is 0.416 e. The Labute approximate surface area is 216 Å². The maximum atomic E-state index is 13.0. The van der Waals surface area contributed by atoms with Crippen LogP contribution < -0.4 is 15.1 Å². The van der Waals surface area contributed by atoms with Gasteiger partial charge in [0.25, 0.3) is 0 Å². The molecule has 1 aliphatic rings. The first-order valence-electron chi connectivity index (χ1n) is 12.7. The first-order chi connectivity index (χ1) is 17.3. The molecular formula is C28H35F3N4S. The number of hydrogen-bond acceptors (Lipinski definition) is 5. The van der Waals surface area contributed by atoms with Crippen LogP contribution in [0.3, 0.4) is 0 Å². The molecule has 0 spiro atoms. The second-order valence-corrected chi connectivity index (χ2v) is 10.6. The van der Waals surface area contributed by atoms with Crippen LogP contribution in [-0.4, -0.2) is 50.5 Å². The van der Waals surface area contributed by atoms with Crippen LogP contribution in [0, 0.1) is 6.92 Å². The van der Waals surface area contributed by atoms with E-state index in [0.29, 0.717) is 5.52 Å². The number of fused-ring (bicyclic) bond motifs is 1. The standard InChI is InChI=1S/C28H35F3N4S/c1-21-19-23(8-10-26(21)35-16-13-32-14-17-35)34(2)15-5-3-4-6-18-36-27-11-12-33-25-20-22(28(29,30)31)7-9-24(25)27/h7-12,19-20,32H,3-6,13-18H2,1-2H3. The zero-order valence-electron chi connectivity index (χ0n) is 21.1. The van der Waals surface area contributed by atoms with Gasteiger partial charge in [-0.1, -0.05) is 18.9 Å².